The predicted molar refractivity (Wildman–Crippen MR) is 77.6 cm³/mol. The maximum absolute atomic E-state index is 12.8. The van der Waals surface area contributed by atoms with Crippen molar-refractivity contribution in [2.45, 2.75) is 57.7 Å². The summed E-state index contributed by atoms with van der Waals surface area (Å²) in [7, 11) is 1.87. The molecule has 2 aliphatic rings. The number of carbonyl (C=O) groups is 1. The summed E-state index contributed by atoms with van der Waals surface area (Å²) in [5.74, 6) is 0.143. The summed E-state index contributed by atoms with van der Waals surface area (Å²) in [5, 5.41) is 7.93. The number of aryl methyl sites for hydroxylation is 2. The topological polar surface area (TPSA) is 50.2 Å². The molecule has 2 aliphatic heterocycles. The molecule has 5 heteroatoms. The summed E-state index contributed by atoms with van der Waals surface area (Å²) < 4.78 is 1.72. The molecule has 1 aromatic rings. The fourth-order valence-corrected chi connectivity index (χ4v) is 3.81. The highest BCUT2D eigenvalue weighted by Gasteiger charge is 2.37. The van der Waals surface area contributed by atoms with E-state index in [1.165, 1.54) is 12.8 Å². The highest BCUT2D eigenvalue weighted by molar-refractivity contribution is 5.95. The van der Waals surface area contributed by atoms with Gasteiger partial charge >= 0.3 is 0 Å². The van der Waals surface area contributed by atoms with Crippen LogP contribution in [0.1, 0.15) is 48.7 Å². The molecule has 0 spiro atoms. The standard InChI is InChI=1S/C15H24N4O/c1-4-19(13-7-11-5-6-12(8-13)16-11)15(20)14-9-18(3)17-10(14)2/h9,11-13,16H,4-8H2,1-3H3. The second kappa shape index (κ2) is 5.20. The number of hydrogen-bond donors (Lipinski definition) is 1. The molecule has 0 radical (unpaired) electrons. The Balaban J connectivity index is 1.79. The van der Waals surface area contributed by atoms with Gasteiger partial charge in [-0.05, 0) is 39.5 Å². The number of nitrogens with zero attached hydrogens (tertiary/aromatic N) is 3. The lowest BCUT2D eigenvalue weighted by Crippen LogP contribution is -2.50. The molecule has 110 valence electrons. The third-order valence-electron chi connectivity index (χ3n) is 4.73. The Morgan fingerprint density at radius 1 is 1.45 bits per heavy atom. The van der Waals surface area contributed by atoms with Crippen molar-refractivity contribution in [2.24, 2.45) is 7.05 Å². The van der Waals surface area contributed by atoms with Crippen molar-refractivity contribution in [1.82, 2.24) is 20.0 Å². The Morgan fingerprint density at radius 2 is 2.10 bits per heavy atom. The van der Waals surface area contributed by atoms with Crippen molar-refractivity contribution in [2.75, 3.05) is 6.54 Å². The van der Waals surface area contributed by atoms with Crippen LogP contribution in [-0.2, 0) is 7.05 Å². The summed E-state index contributed by atoms with van der Waals surface area (Å²) in [4.78, 5) is 14.8. The monoisotopic (exact) mass is 276 g/mol. The number of fused-ring (bicyclic) bond motifs is 2. The lowest BCUT2D eigenvalue weighted by atomic mass is 9.97. The Labute approximate surface area is 120 Å². The van der Waals surface area contributed by atoms with Gasteiger partial charge in [-0.15, -0.1) is 0 Å². The molecule has 3 rings (SSSR count). The number of carbonyl (C=O) groups excluding carboxylic acids is 1. The van der Waals surface area contributed by atoms with E-state index in [0.29, 0.717) is 18.1 Å². The number of aromatic nitrogens is 2. The van der Waals surface area contributed by atoms with Crippen molar-refractivity contribution in [3.63, 3.8) is 0 Å². The molecule has 0 saturated carbocycles. The summed E-state index contributed by atoms with van der Waals surface area (Å²) in [6.07, 6.45) is 6.55. The molecule has 2 bridgehead atoms. The van der Waals surface area contributed by atoms with E-state index >= 15 is 0 Å². The first-order valence-corrected chi connectivity index (χ1v) is 7.65. The van der Waals surface area contributed by atoms with E-state index in [0.717, 1.165) is 30.6 Å². The van der Waals surface area contributed by atoms with E-state index in [1.807, 2.05) is 20.2 Å². The van der Waals surface area contributed by atoms with Crippen LogP contribution in [0, 0.1) is 6.92 Å². The van der Waals surface area contributed by atoms with Crippen LogP contribution in [0.2, 0.25) is 0 Å². The first-order chi connectivity index (χ1) is 9.58. The molecule has 3 heterocycles. The zero-order valence-electron chi connectivity index (χ0n) is 12.6. The normalized spacial score (nSPS) is 28.6. The maximum atomic E-state index is 12.8. The third-order valence-corrected chi connectivity index (χ3v) is 4.73. The van der Waals surface area contributed by atoms with Crippen LogP contribution in [0.15, 0.2) is 6.20 Å². The van der Waals surface area contributed by atoms with Crippen LogP contribution in [0.3, 0.4) is 0 Å². The third kappa shape index (κ3) is 2.35. The fraction of sp³-hybridized carbons (Fsp3) is 0.733. The highest BCUT2D eigenvalue weighted by atomic mass is 16.2. The number of nitrogens with one attached hydrogen (secondary N) is 1. The SMILES string of the molecule is CCN(C(=O)c1cn(C)nc1C)C1CC2CCC(C1)N2. The fourth-order valence-electron chi connectivity index (χ4n) is 3.81. The molecular formula is C15H24N4O. The minimum Gasteiger partial charge on any atom is -0.336 e. The average Bonchev–Trinajstić information content (AvgIpc) is 2.92. The smallest absolute Gasteiger partial charge is 0.257 e. The molecule has 20 heavy (non-hydrogen) atoms. The van der Waals surface area contributed by atoms with Crippen LogP contribution >= 0.6 is 0 Å². The molecule has 0 aliphatic carbocycles. The Kier molecular flexibility index (Phi) is 3.54. The van der Waals surface area contributed by atoms with Gasteiger partial charge in [0.2, 0.25) is 0 Å². The van der Waals surface area contributed by atoms with Crippen molar-refractivity contribution < 1.29 is 4.79 Å². The zero-order chi connectivity index (χ0) is 14.3. The minimum absolute atomic E-state index is 0.143. The molecule has 1 N–H and O–H groups in total. The van der Waals surface area contributed by atoms with Crippen LogP contribution < -0.4 is 5.32 Å². The number of hydrogen-bond acceptors (Lipinski definition) is 3. The highest BCUT2D eigenvalue weighted by Crippen LogP contribution is 2.30. The van der Waals surface area contributed by atoms with Crippen LogP contribution in [0.5, 0.6) is 0 Å². The molecule has 5 nitrogen and oxygen atoms in total. The second-order valence-electron chi connectivity index (χ2n) is 6.16. The van der Waals surface area contributed by atoms with Gasteiger partial charge in [-0.25, -0.2) is 0 Å². The quantitative estimate of drug-likeness (QED) is 0.909. The van der Waals surface area contributed by atoms with Gasteiger partial charge in [0.25, 0.3) is 5.91 Å². The summed E-state index contributed by atoms with van der Waals surface area (Å²) >= 11 is 0. The molecule has 2 unspecified atom stereocenters. The van der Waals surface area contributed by atoms with Crippen molar-refractivity contribution >= 4 is 5.91 Å². The van der Waals surface area contributed by atoms with Gasteiger partial charge in [0.15, 0.2) is 0 Å². The van der Waals surface area contributed by atoms with Crippen molar-refractivity contribution in [1.29, 1.82) is 0 Å². The van der Waals surface area contributed by atoms with Crippen molar-refractivity contribution in [3.8, 4) is 0 Å². The lowest BCUT2D eigenvalue weighted by Gasteiger charge is -2.37. The summed E-state index contributed by atoms with van der Waals surface area (Å²) in [5.41, 5.74) is 1.58. The maximum Gasteiger partial charge on any atom is 0.257 e. The first-order valence-electron chi connectivity index (χ1n) is 7.65. The van der Waals surface area contributed by atoms with E-state index in [1.54, 1.807) is 4.68 Å². The van der Waals surface area contributed by atoms with Gasteiger partial charge in [0.1, 0.15) is 0 Å². The predicted octanol–water partition coefficient (Wildman–Crippen LogP) is 1.47. The van der Waals surface area contributed by atoms with Gasteiger partial charge in [-0.1, -0.05) is 0 Å². The van der Waals surface area contributed by atoms with Gasteiger partial charge in [0, 0.05) is 37.9 Å². The van der Waals surface area contributed by atoms with Crippen molar-refractivity contribution in [3.05, 3.63) is 17.5 Å². The van der Waals surface area contributed by atoms with Crippen LogP contribution in [0.25, 0.3) is 0 Å². The van der Waals surface area contributed by atoms with E-state index in [4.69, 9.17) is 0 Å². The molecule has 2 atom stereocenters. The molecular weight excluding hydrogens is 252 g/mol. The molecule has 1 aromatic heterocycles. The largest absolute Gasteiger partial charge is 0.336 e. The molecule has 2 saturated heterocycles. The van der Waals surface area contributed by atoms with E-state index in [-0.39, 0.29) is 5.91 Å². The lowest BCUT2D eigenvalue weighted by molar-refractivity contribution is 0.0630. The molecule has 2 fully saturated rings. The van der Waals surface area contributed by atoms with E-state index in [9.17, 15) is 4.79 Å². The first kappa shape index (κ1) is 13.6. The van der Waals surface area contributed by atoms with E-state index < -0.39 is 0 Å². The summed E-state index contributed by atoms with van der Waals surface area (Å²) in [6.45, 7) is 4.76. The number of piperidine rings is 1. The summed E-state index contributed by atoms with van der Waals surface area (Å²) in [6, 6.07) is 1.59. The van der Waals surface area contributed by atoms with Crippen LogP contribution in [-0.4, -0.2) is 45.3 Å². The molecule has 0 aromatic carbocycles. The van der Waals surface area contributed by atoms with E-state index in [2.05, 4.69) is 22.2 Å². The second-order valence-corrected chi connectivity index (χ2v) is 6.16. The Morgan fingerprint density at radius 3 is 2.60 bits per heavy atom. The Hall–Kier alpha value is -1.36. The molecule has 1 amide bonds. The number of rotatable bonds is 3. The van der Waals surface area contributed by atoms with Gasteiger partial charge in [-0.2, -0.15) is 5.10 Å². The average molecular weight is 276 g/mol. The van der Waals surface area contributed by atoms with Crippen LogP contribution in [0.4, 0.5) is 0 Å². The van der Waals surface area contributed by atoms with Gasteiger partial charge < -0.3 is 10.2 Å². The van der Waals surface area contributed by atoms with Gasteiger partial charge in [-0.3, -0.25) is 9.48 Å². The zero-order valence-corrected chi connectivity index (χ0v) is 12.6. The Bertz CT molecular complexity index is 498. The van der Waals surface area contributed by atoms with Gasteiger partial charge in [0.05, 0.1) is 11.3 Å². The minimum atomic E-state index is 0.143. The number of amides is 1.